The van der Waals surface area contributed by atoms with Crippen molar-refractivity contribution in [1.29, 1.82) is 0 Å². The Morgan fingerprint density at radius 2 is 2.00 bits per heavy atom. The van der Waals surface area contributed by atoms with Crippen LogP contribution in [-0.4, -0.2) is 41.9 Å². The Morgan fingerprint density at radius 1 is 1.24 bits per heavy atom. The second kappa shape index (κ2) is 8.50. The largest absolute Gasteiger partial charge is 0.370 e. The molecule has 0 amide bonds. The minimum absolute atomic E-state index is 0.267. The van der Waals surface area contributed by atoms with E-state index in [0.29, 0.717) is 12.5 Å². The predicted molar refractivity (Wildman–Crippen MR) is 107 cm³/mol. The Kier molecular flexibility index (Phi) is 6.10. The van der Waals surface area contributed by atoms with Crippen molar-refractivity contribution in [2.24, 2.45) is 10.7 Å². The van der Waals surface area contributed by atoms with E-state index < -0.39 is 0 Å². The number of nitrogens with two attached hydrogens (primary N) is 1. The lowest BCUT2D eigenvalue weighted by molar-refractivity contribution is 0.185. The van der Waals surface area contributed by atoms with Crippen LogP contribution in [0.1, 0.15) is 35.9 Å². The van der Waals surface area contributed by atoms with Crippen LogP contribution in [0.4, 0.5) is 0 Å². The van der Waals surface area contributed by atoms with Crippen LogP contribution in [-0.2, 0) is 13.0 Å². The van der Waals surface area contributed by atoms with Crippen molar-refractivity contribution in [3.05, 3.63) is 57.8 Å². The quantitative estimate of drug-likeness (QED) is 0.636. The highest BCUT2D eigenvalue weighted by Gasteiger charge is 2.25. The topological polar surface area (TPSA) is 44.9 Å². The molecule has 1 aliphatic rings. The molecular weight excluding hydrogens is 328 g/mol. The van der Waals surface area contributed by atoms with E-state index in [0.717, 1.165) is 32.6 Å². The molecule has 5 heteroatoms. The number of nitrogens with zero attached hydrogens (tertiary/aromatic N) is 3. The van der Waals surface area contributed by atoms with E-state index in [2.05, 4.69) is 65.4 Å². The van der Waals surface area contributed by atoms with E-state index in [1.165, 1.54) is 16.0 Å². The molecular formula is C20H28N4S. The van der Waals surface area contributed by atoms with Gasteiger partial charge in [-0.05, 0) is 42.8 Å². The summed E-state index contributed by atoms with van der Waals surface area (Å²) in [7, 11) is 0. The maximum Gasteiger partial charge on any atom is 0.191 e. The van der Waals surface area contributed by atoms with Crippen molar-refractivity contribution < 1.29 is 0 Å². The molecule has 0 aliphatic carbocycles. The van der Waals surface area contributed by atoms with Crippen LogP contribution in [0.25, 0.3) is 0 Å². The van der Waals surface area contributed by atoms with Crippen LogP contribution in [0.2, 0.25) is 0 Å². The van der Waals surface area contributed by atoms with E-state index in [1.54, 1.807) is 0 Å². The van der Waals surface area contributed by atoms with Crippen LogP contribution >= 0.6 is 11.3 Å². The first-order valence-corrected chi connectivity index (χ1v) is 10.00. The summed E-state index contributed by atoms with van der Waals surface area (Å²) in [5.41, 5.74) is 9.00. The summed E-state index contributed by atoms with van der Waals surface area (Å²) in [5, 5.41) is 2.21. The third-order valence-electron chi connectivity index (χ3n) is 4.98. The zero-order valence-electron chi connectivity index (χ0n) is 15.2. The fourth-order valence-electron chi connectivity index (χ4n) is 3.47. The average Bonchev–Trinajstić information content (AvgIpc) is 3.12. The molecule has 0 radical (unpaired) electrons. The fourth-order valence-corrected chi connectivity index (χ4v) is 4.36. The van der Waals surface area contributed by atoms with E-state index in [-0.39, 0.29) is 6.04 Å². The summed E-state index contributed by atoms with van der Waals surface area (Å²) >= 11 is 1.88. The van der Waals surface area contributed by atoms with E-state index in [1.807, 2.05) is 11.3 Å². The number of aliphatic imine (C=N–C) groups is 1. The molecule has 134 valence electrons. The smallest absolute Gasteiger partial charge is 0.191 e. The van der Waals surface area contributed by atoms with Gasteiger partial charge in [-0.3, -0.25) is 9.89 Å². The summed E-state index contributed by atoms with van der Waals surface area (Å²) in [5.74, 6) is 0.652. The highest BCUT2D eigenvalue weighted by molar-refractivity contribution is 7.10. The molecule has 1 aliphatic heterocycles. The molecule has 0 spiro atoms. The lowest BCUT2D eigenvalue weighted by Gasteiger charge is -2.34. The molecule has 1 atom stereocenters. The number of benzene rings is 1. The Bertz CT molecular complexity index is 691. The van der Waals surface area contributed by atoms with Crippen molar-refractivity contribution >= 4 is 17.3 Å². The van der Waals surface area contributed by atoms with Crippen molar-refractivity contribution in [2.45, 2.75) is 32.9 Å². The van der Waals surface area contributed by atoms with Gasteiger partial charge in [0.05, 0.1) is 12.6 Å². The maximum absolute atomic E-state index is 6.21. The first-order chi connectivity index (χ1) is 12.2. The van der Waals surface area contributed by atoms with Gasteiger partial charge < -0.3 is 10.6 Å². The van der Waals surface area contributed by atoms with Gasteiger partial charge in [0, 0.05) is 31.1 Å². The van der Waals surface area contributed by atoms with Crippen molar-refractivity contribution in [3.8, 4) is 0 Å². The van der Waals surface area contributed by atoms with Crippen molar-refractivity contribution in [2.75, 3.05) is 26.2 Å². The van der Waals surface area contributed by atoms with Gasteiger partial charge in [0.25, 0.3) is 0 Å². The number of rotatable bonds is 6. The zero-order chi connectivity index (χ0) is 17.6. The summed E-state index contributed by atoms with van der Waals surface area (Å²) in [6.07, 6.45) is 1.13. The standard InChI is InChI=1S/C20H28N4S/c1-3-23(4-2)20(21)22-14-18(16-8-6-5-7-9-16)24-12-10-19-17(15-24)11-13-25-19/h5-9,11,13,18H,3-4,10,12,14-15H2,1-2H3,(H2,21,22). The van der Waals surface area contributed by atoms with Gasteiger partial charge >= 0.3 is 0 Å². The van der Waals surface area contributed by atoms with Crippen LogP contribution in [0.5, 0.6) is 0 Å². The van der Waals surface area contributed by atoms with Gasteiger partial charge in [-0.15, -0.1) is 11.3 Å². The molecule has 25 heavy (non-hydrogen) atoms. The van der Waals surface area contributed by atoms with Crippen LogP contribution in [0, 0.1) is 0 Å². The van der Waals surface area contributed by atoms with Gasteiger partial charge in [0.15, 0.2) is 5.96 Å². The normalized spacial score (nSPS) is 16.5. The van der Waals surface area contributed by atoms with Crippen LogP contribution in [0.15, 0.2) is 46.8 Å². The highest BCUT2D eigenvalue weighted by atomic mass is 32.1. The minimum Gasteiger partial charge on any atom is -0.370 e. The Labute approximate surface area is 155 Å². The zero-order valence-corrected chi connectivity index (χ0v) is 16.0. The summed E-state index contributed by atoms with van der Waals surface area (Å²) < 4.78 is 0. The molecule has 0 saturated heterocycles. The second-order valence-electron chi connectivity index (χ2n) is 6.39. The summed E-state index contributed by atoms with van der Waals surface area (Å²) in [6, 6.07) is 13.2. The third kappa shape index (κ3) is 4.22. The first-order valence-electron chi connectivity index (χ1n) is 9.12. The van der Waals surface area contributed by atoms with Gasteiger partial charge in [-0.2, -0.15) is 0 Å². The molecule has 0 fully saturated rings. The summed E-state index contributed by atoms with van der Waals surface area (Å²) in [6.45, 7) is 8.79. The van der Waals surface area contributed by atoms with Crippen molar-refractivity contribution in [3.63, 3.8) is 0 Å². The number of thiophene rings is 1. The molecule has 4 nitrogen and oxygen atoms in total. The van der Waals surface area contributed by atoms with Crippen molar-refractivity contribution in [1.82, 2.24) is 9.80 Å². The van der Waals surface area contributed by atoms with E-state index in [9.17, 15) is 0 Å². The molecule has 3 rings (SSSR count). The van der Waals surface area contributed by atoms with Gasteiger partial charge in [-0.1, -0.05) is 30.3 Å². The molecule has 1 aromatic heterocycles. The number of fused-ring (bicyclic) bond motifs is 1. The lowest BCUT2D eigenvalue weighted by Crippen LogP contribution is -2.39. The van der Waals surface area contributed by atoms with Crippen LogP contribution < -0.4 is 5.73 Å². The summed E-state index contributed by atoms with van der Waals surface area (Å²) in [4.78, 5) is 10.9. The molecule has 1 aromatic carbocycles. The van der Waals surface area contributed by atoms with E-state index in [4.69, 9.17) is 10.7 Å². The van der Waals surface area contributed by atoms with Gasteiger partial charge in [0.1, 0.15) is 0 Å². The predicted octanol–water partition coefficient (Wildman–Crippen LogP) is 3.50. The molecule has 0 bridgehead atoms. The molecule has 2 aromatic rings. The minimum atomic E-state index is 0.267. The van der Waals surface area contributed by atoms with Crippen LogP contribution in [0.3, 0.4) is 0 Å². The lowest BCUT2D eigenvalue weighted by atomic mass is 10.0. The van der Waals surface area contributed by atoms with Gasteiger partial charge in [0.2, 0.25) is 0 Å². The molecule has 2 N–H and O–H groups in total. The van der Waals surface area contributed by atoms with Gasteiger partial charge in [-0.25, -0.2) is 0 Å². The number of hydrogen-bond acceptors (Lipinski definition) is 3. The van der Waals surface area contributed by atoms with E-state index >= 15 is 0 Å². The monoisotopic (exact) mass is 356 g/mol. The highest BCUT2D eigenvalue weighted by Crippen LogP contribution is 2.30. The Hall–Kier alpha value is -1.85. The number of hydrogen-bond donors (Lipinski definition) is 1. The molecule has 0 saturated carbocycles. The second-order valence-corrected chi connectivity index (χ2v) is 7.39. The Balaban J connectivity index is 1.80. The number of guanidine groups is 1. The SMILES string of the molecule is CCN(CC)C(N)=NCC(c1ccccc1)N1CCc2sccc2C1. The average molecular weight is 357 g/mol. The molecule has 1 unspecified atom stereocenters. The fraction of sp³-hybridized carbons (Fsp3) is 0.450. The maximum atomic E-state index is 6.21. The Morgan fingerprint density at radius 3 is 2.72 bits per heavy atom. The third-order valence-corrected chi connectivity index (χ3v) is 6.00. The first kappa shape index (κ1) is 18.0. The molecule has 2 heterocycles.